The Morgan fingerprint density at radius 3 is 2.00 bits per heavy atom. The lowest BCUT2D eigenvalue weighted by molar-refractivity contribution is -0.147. The van der Waals surface area contributed by atoms with Crippen LogP contribution in [-0.4, -0.2) is 35.4 Å². The molecule has 0 aromatic heterocycles. The molecular formula is C8H14Cl2O4. The van der Waals surface area contributed by atoms with Gasteiger partial charge in [-0.15, -0.1) is 23.2 Å². The maximum Gasteiger partial charge on any atom is 0.306 e. The van der Waals surface area contributed by atoms with Gasteiger partial charge in [0.25, 0.3) is 0 Å². The number of esters is 1. The van der Waals surface area contributed by atoms with Crippen LogP contribution >= 0.6 is 23.2 Å². The molecular weight excluding hydrogens is 231 g/mol. The number of rotatable bonds is 5. The summed E-state index contributed by atoms with van der Waals surface area (Å²) in [6, 6.07) is 0. The summed E-state index contributed by atoms with van der Waals surface area (Å²) in [7, 11) is 0. The van der Waals surface area contributed by atoms with E-state index < -0.39 is 11.9 Å². The van der Waals surface area contributed by atoms with Crippen LogP contribution in [0.5, 0.6) is 0 Å². The van der Waals surface area contributed by atoms with Crippen molar-refractivity contribution in [2.45, 2.75) is 19.8 Å². The van der Waals surface area contributed by atoms with E-state index in [0.29, 0.717) is 18.4 Å². The van der Waals surface area contributed by atoms with Gasteiger partial charge < -0.3 is 9.84 Å². The normalized spacial score (nSPS) is 8.50. The zero-order valence-electron chi connectivity index (χ0n) is 7.96. The topological polar surface area (TPSA) is 63.6 Å². The number of carbonyl (C=O) groups excluding carboxylic acids is 1. The third-order valence-corrected chi connectivity index (χ3v) is 1.49. The molecule has 0 heterocycles. The monoisotopic (exact) mass is 244 g/mol. The Bertz CT molecular complexity index is 159. The van der Waals surface area contributed by atoms with Gasteiger partial charge in [0.2, 0.25) is 0 Å². The summed E-state index contributed by atoms with van der Waals surface area (Å²) < 4.78 is 4.49. The van der Waals surface area contributed by atoms with Crippen molar-refractivity contribution in [3.05, 3.63) is 0 Å². The van der Waals surface area contributed by atoms with Gasteiger partial charge in [-0.25, -0.2) is 0 Å². The van der Waals surface area contributed by atoms with E-state index >= 15 is 0 Å². The van der Waals surface area contributed by atoms with Crippen LogP contribution in [0, 0.1) is 0 Å². The van der Waals surface area contributed by atoms with Crippen molar-refractivity contribution in [1.29, 1.82) is 0 Å². The molecule has 4 nitrogen and oxygen atoms in total. The predicted molar refractivity (Wildman–Crippen MR) is 54.9 cm³/mol. The van der Waals surface area contributed by atoms with Crippen molar-refractivity contribution in [2.75, 3.05) is 18.4 Å². The van der Waals surface area contributed by atoms with Crippen molar-refractivity contribution in [2.24, 2.45) is 0 Å². The van der Waals surface area contributed by atoms with Gasteiger partial charge in [-0.3, -0.25) is 9.59 Å². The van der Waals surface area contributed by atoms with Crippen LogP contribution in [0.15, 0.2) is 0 Å². The van der Waals surface area contributed by atoms with Gasteiger partial charge in [-0.2, -0.15) is 0 Å². The molecule has 0 aliphatic rings. The molecule has 84 valence electrons. The predicted octanol–water partition coefficient (Wildman–Crippen LogP) is 1.88. The zero-order chi connectivity index (χ0) is 11.4. The Labute approximate surface area is 93.1 Å². The van der Waals surface area contributed by atoms with Crippen LogP contribution in [0.25, 0.3) is 0 Å². The summed E-state index contributed by atoms with van der Waals surface area (Å²) in [5.74, 6) is -0.318. The lowest BCUT2D eigenvalue weighted by atomic mass is 10.3. The quantitative estimate of drug-likeness (QED) is 0.593. The molecule has 0 saturated carbocycles. The van der Waals surface area contributed by atoms with Crippen molar-refractivity contribution in [1.82, 2.24) is 0 Å². The fourth-order valence-electron chi connectivity index (χ4n) is 0.442. The zero-order valence-corrected chi connectivity index (χ0v) is 9.48. The van der Waals surface area contributed by atoms with Crippen LogP contribution < -0.4 is 0 Å². The first-order chi connectivity index (χ1) is 6.58. The molecule has 14 heavy (non-hydrogen) atoms. The maximum atomic E-state index is 10.5. The first-order valence-corrected chi connectivity index (χ1v) is 5.14. The molecule has 0 aliphatic heterocycles. The Morgan fingerprint density at radius 2 is 1.71 bits per heavy atom. The first-order valence-electron chi connectivity index (χ1n) is 4.07. The molecule has 0 radical (unpaired) electrons. The minimum atomic E-state index is -0.979. The largest absolute Gasteiger partial charge is 0.481 e. The minimum absolute atomic E-state index is 0.0385. The molecule has 0 bridgehead atoms. The Hall–Kier alpha value is -0.480. The third-order valence-electron chi connectivity index (χ3n) is 0.920. The first kappa shape index (κ1) is 16.0. The highest BCUT2D eigenvalue weighted by molar-refractivity contribution is 6.25. The molecule has 0 rings (SSSR count). The maximum absolute atomic E-state index is 10.5. The van der Waals surface area contributed by atoms with Gasteiger partial charge in [-0.1, -0.05) is 0 Å². The lowest BCUT2D eigenvalue weighted by Crippen LogP contribution is -2.06. The Morgan fingerprint density at radius 1 is 1.21 bits per heavy atom. The molecule has 0 saturated heterocycles. The van der Waals surface area contributed by atoms with Crippen LogP contribution in [0.4, 0.5) is 0 Å². The van der Waals surface area contributed by atoms with Crippen LogP contribution in [0.3, 0.4) is 0 Å². The molecule has 6 heteroatoms. The average molecular weight is 245 g/mol. The van der Waals surface area contributed by atoms with Gasteiger partial charge in [0.05, 0.1) is 19.4 Å². The number of alkyl halides is 2. The second-order valence-electron chi connectivity index (χ2n) is 2.08. The summed E-state index contributed by atoms with van der Waals surface area (Å²) in [6.45, 7) is 1.98. The van der Waals surface area contributed by atoms with Gasteiger partial charge >= 0.3 is 11.9 Å². The van der Waals surface area contributed by atoms with Crippen molar-refractivity contribution >= 4 is 35.1 Å². The Kier molecular flexibility index (Phi) is 14.3. The highest BCUT2D eigenvalue weighted by Crippen LogP contribution is 1.91. The number of hydrogen-bond donors (Lipinski definition) is 1. The minimum Gasteiger partial charge on any atom is -0.481 e. The van der Waals surface area contributed by atoms with E-state index in [-0.39, 0.29) is 12.8 Å². The van der Waals surface area contributed by atoms with Crippen LogP contribution in [0.1, 0.15) is 19.8 Å². The van der Waals surface area contributed by atoms with Gasteiger partial charge in [0, 0.05) is 11.8 Å². The summed E-state index contributed by atoms with van der Waals surface area (Å²) in [5, 5.41) is 8.12. The summed E-state index contributed by atoms with van der Waals surface area (Å²) in [6.07, 6.45) is -0.192. The van der Waals surface area contributed by atoms with E-state index in [2.05, 4.69) is 4.74 Å². The van der Waals surface area contributed by atoms with Crippen LogP contribution in [0.2, 0.25) is 0 Å². The van der Waals surface area contributed by atoms with Gasteiger partial charge in [0.15, 0.2) is 0 Å². The van der Waals surface area contributed by atoms with Crippen molar-refractivity contribution in [3.8, 4) is 0 Å². The molecule has 0 aromatic rings. The van der Waals surface area contributed by atoms with Crippen molar-refractivity contribution < 1.29 is 19.4 Å². The van der Waals surface area contributed by atoms with E-state index in [9.17, 15) is 9.59 Å². The number of aliphatic carboxylic acids is 1. The van der Waals surface area contributed by atoms with E-state index in [1.54, 1.807) is 6.92 Å². The van der Waals surface area contributed by atoms with E-state index in [1.807, 2.05) is 0 Å². The molecule has 0 aromatic carbocycles. The standard InChI is InChI=1S/C6H10O4.C2H4Cl2/c1-2-10-6(9)4-3-5(7)8;3-1-2-4/h2-4H2,1H3,(H,7,8);1-2H2. The smallest absolute Gasteiger partial charge is 0.306 e. The molecule has 1 N–H and O–H groups in total. The molecule has 0 spiro atoms. The molecule has 0 fully saturated rings. The molecule has 0 amide bonds. The summed E-state index contributed by atoms with van der Waals surface area (Å²) >= 11 is 10.1. The number of ether oxygens (including phenoxy) is 1. The van der Waals surface area contributed by atoms with E-state index in [4.69, 9.17) is 28.3 Å². The van der Waals surface area contributed by atoms with E-state index in [1.165, 1.54) is 0 Å². The number of carboxylic acid groups (broad SMARTS) is 1. The fraction of sp³-hybridized carbons (Fsp3) is 0.750. The van der Waals surface area contributed by atoms with Gasteiger partial charge in [0.1, 0.15) is 0 Å². The number of carbonyl (C=O) groups is 2. The molecule has 0 unspecified atom stereocenters. The molecule has 0 aliphatic carbocycles. The number of hydrogen-bond acceptors (Lipinski definition) is 3. The van der Waals surface area contributed by atoms with Crippen molar-refractivity contribution in [3.63, 3.8) is 0 Å². The fourth-order valence-corrected chi connectivity index (χ4v) is 0.442. The highest BCUT2D eigenvalue weighted by atomic mass is 35.5. The number of halogens is 2. The van der Waals surface area contributed by atoms with Crippen LogP contribution in [-0.2, 0) is 14.3 Å². The van der Waals surface area contributed by atoms with Gasteiger partial charge in [-0.05, 0) is 6.92 Å². The second kappa shape index (κ2) is 12.5. The summed E-state index contributed by atoms with van der Waals surface area (Å²) in [5.41, 5.74) is 0. The Balaban J connectivity index is 0. The molecule has 0 atom stereocenters. The third kappa shape index (κ3) is 17.6. The SMILES string of the molecule is CCOC(=O)CCC(=O)O.ClCCCl. The lowest BCUT2D eigenvalue weighted by Gasteiger charge is -1.97. The second-order valence-corrected chi connectivity index (χ2v) is 2.83. The number of carboxylic acids is 1. The van der Waals surface area contributed by atoms with E-state index in [0.717, 1.165) is 0 Å². The summed E-state index contributed by atoms with van der Waals surface area (Å²) in [4.78, 5) is 20.4. The highest BCUT2D eigenvalue weighted by Gasteiger charge is 2.04. The average Bonchev–Trinajstić information content (AvgIpc) is 2.16.